The molecule has 0 spiro atoms. The number of hydrogen-bond acceptors (Lipinski definition) is 6. The molecule has 1 fully saturated rings. The Labute approximate surface area is 121 Å². The van der Waals surface area contributed by atoms with Crippen molar-refractivity contribution in [3.05, 3.63) is 48.3 Å². The lowest BCUT2D eigenvalue weighted by atomic mass is 10.1. The fourth-order valence-corrected chi connectivity index (χ4v) is 2.41. The van der Waals surface area contributed by atoms with Gasteiger partial charge in [-0.05, 0) is 24.3 Å². The van der Waals surface area contributed by atoms with Crippen LogP contribution in [-0.4, -0.2) is 50.2 Å². The van der Waals surface area contributed by atoms with Crippen molar-refractivity contribution in [2.75, 3.05) is 6.61 Å². The zero-order valence-electron chi connectivity index (χ0n) is 11.2. The van der Waals surface area contributed by atoms with Gasteiger partial charge in [0.05, 0.1) is 23.7 Å². The van der Waals surface area contributed by atoms with E-state index in [1.807, 2.05) is 24.3 Å². The Morgan fingerprint density at radius 1 is 1.00 bits per heavy atom. The van der Waals surface area contributed by atoms with Gasteiger partial charge in [0.1, 0.15) is 24.4 Å². The van der Waals surface area contributed by atoms with E-state index in [2.05, 4.69) is 9.97 Å². The van der Waals surface area contributed by atoms with Crippen molar-refractivity contribution < 1.29 is 20.1 Å². The monoisotopic (exact) mass is 288 g/mol. The fraction of sp³-hybridized carbons (Fsp3) is 0.333. The lowest BCUT2D eigenvalue weighted by Gasteiger charge is -2.14. The molecule has 0 aromatic carbocycles. The molecule has 0 unspecified atom stereocenters. The third-order valence-corrected chi connectivity index (χ3v) is 3.53. The van der Waals surface area contributed by atoms with E-state index < -0.39 is 24.4 Å². The molecule has 3 heterocycles. The third kappa shape index (κ3) is 2.66. The van der Waals surface area contributed by atoms with Gasteiger partial charge in [0.2, 0.25) is 0 Å². The summed E-state index contributed by atoms with van der Waals surface area (Å²) in [6.07, 6.45) is -2.13. The van der Waals surface area contributed by atoms with Crippen molar-refractivity contribution in [1.29, 1.82) is 0 Å². The van der Waals surface area contributed by atoms with Crippen LogP contribution >= 0.6 is 0 Å². The minimum Gasteiger partial charge on any atom is -0.394 e. The Kier molecular flexibility index (Phi) is 3.94. The molecule has 1 aliphatic rings. The first-order chi connectivity index (χ1) is 10.2. The van der Waals surface area contributed by atoms with Crippen molar-refractivity contribution in [2.24, 2.45) is 0 Å². The Balaban J connectivity index is 1.90. The van der Waals surface area contributed by atoms with Crippen LogP contribution in [0.15, 0.2) is 42.6 Å². The van der Waals surface area contributed by atoms with Gasteiger partial charge in [-0.15, -0.1) is 0 Å². The summed E-state index contributed by atoms with van der Waals surface area (Å²) in [6, 6.07) is 10.8. The van der Waals surface area contributed by atoms with E-state index in [0.29, 0.717) is 17.1 Å². The van der Waals surface area contributed by atoms with Gasteiger partial charge in [-0.25, -0.2) is 4.98 Å². The molecule has 0 radical (unpaired) electrons. The summed E-state index contributed by atoms with van der Waals surface area (Å²) < 4.78 is 5.48. The molecule has 21 heavy (non-hydrogen) atoms. The Morgan fingerprint density at radius 3 is 2.48 bits per heavy atom. The van der Waals surface area contributed by atoms with Crippen LogP contribution in [0, 0.1) is 0 Å². The summed E-state index contributed by atoms with van der Waals surface area (Å²) in [5, 5.41) is 29.0. The van der Waals surface area contributed by atoms with Gasteiger partial charge in [-0.1, -0.05) is 12.1 Å². The molecule has 110 valence electrons. The zero-order valence-corrected chi connectivity index (χ0v) is 11.2. The number of nitrogens with zero attached hydrogens (tertiary/aromatic N) is 2. The molecule has 0 saturated carbocycles. The summed E-state index contributed by atoms with van der Waals surface area (Å²) in [4.78, 5) is 8.66. The molecule has 3 N–H and O–H groups in total. The number of pyridine rings is 2. The fourth-order valence-electron chi connectivity index (χ4n) is 2.41. The predicted molar refractivity (Wildman–Crippen MR) is 74.2 cm³/mol. The molecular weight excluding hydrogens is 272 g/mol. The van der Waals surface area contributed by atoms with Crippen molar-refractivity contribution in [3.8, 4) is 11.4 Å². The lowest BCUT2D eigenvalue weighted by molar-refractivity contribution is -0.0239. The van der Waals surface area contributed by atoms with Crippen LogP contribution in [0.3, 0.4) is 0 Å². The van der Waals surface area contributed by atoms with Gasteiger partial charge in [0, 0.05) is 6.20 Å². The molecular formula is C15H16N2O4. The molecule has 2 aromatic rings. The van der Waals surface area contributed by atoms with Gasteiger partial charge in [-0.2, -0.15) is 0 Å². The van der Waals surface area contributed by atoms with Gasteiger partial charge in [-0.3, -0.25) is 4.98 Å². The SMILES string of the molecule is OC[C@H]1O[C@@H](c2cccc(-c3ccccn3)n2)[C@H](O)[C@@H]1O. The molecule has 3 rings (SSSR count). The van der Waals surface area contributed by atoms with Crippen molar-refractivity contribution in [3.63, 3.8) is 0 Å². The van der Waals surface area contributed by atoms with E-state index in [-0.39, 0.29) is 6.61 Å². The molecule has 2 aromatic heterocycles. The molecule has 6 nitrogen and oxygen atoms in total. The maximum atomic E-state index is 10.0. The van der Waals surface area contributed by atoms with E-state index in [4.69, 9.17) is 9.84 Å². The number of aliphatic hydroxyl groups is 3. The first-order valence-corrected chi connectivity index (χ1v) is 6.71. The first kappa shape index (κ1) is 14.1. The highest BCUT2D eigenvalue weighted by molar-refractivity contribution is 5.53. The van der Waals surface area contributed by atoms with Crippen LogP contribution in [0.1, 0.15) is 11.8 Å². The normalized spacial score (nSPS) is 28.7. The summed E-state index contributed by atoms with van der Waals surface area (Å²) >= 11 is 0. The van der Waals surface area contributed by atoms with E-state index in [1.165, 1.54) is 0 Å². The summed E-state index contributed by atoms with van der Waals surface area (Å²) in [6.45, 7) is -0.353. The van der Waals surface area contributed by atoms with Gasteiger partial charge >= 0.3 is 0 Å². The highest BCUT2D eigenvalue weighted by atomic mass is 16.6. The first-order valence-electron chi connectivity index (χ1n) is 6.71. The minimum atomic E-state index is -1.12. The number of ether oxygens (including phenoxy) is 1. The molecule has 0 amide bonds. The van der Waals surface area contributed by atoms with Gasteiger partial charge in [0.25, 0.3) is 0 Å². The number of aliphatic hydroxyl groups excluding tert-OH is 3. The maximum Gasteiger partial charge on any atom is 0.128 e. The number of aromatic nitrogens is 2. The lowest BCUT2D eigenvalue weighted by Crippen LogP contribution is -2.32. The quantitative estimate of drug-likeness (QED) is 0.751. The summed E-state index contributed by atoms with van der Waals surface area (Å²) in [5.74, 6) is 0. The molecule has 0 aliphatic carbocycles. The summed E-state index contributed by atoms with van der Waals surface area (Å²) in [7, 11) is 0. The van der Waals surface area contributed by atoms with Gasteiger partial charge in [0.15, 0.2) is 0 Å². The zero-order chi connectivity index (χ0) is 14.8. The van der Waals surface area contributed by atoms with Crippen LogP contribution in [-0.2, 0) is 4.74 Å². The molecule has 4 atom stereocenters. The number of rotatable bonds is 3. The van der Waals surface area contributed by atoms with Crippen LogP contribution in [0.25, 0.3) is 11.4 Å². The highest BCUT2D eigenvalue weighted by Crippen LogP contribution is 2.33. The molecule has 6 heteroatoms. The third-order valence-electron chi connectivity index (χ3n) is 3.53. The Bertz CT molecular complexity index is 608. The molecule has 0 bridgehead atoms. The Morgan fingerprint density at radius 2 is 1.81 bits per heavy atom. The minimum absolute atomic E-state index is 0.353. The van der Waals surface area contributed by atoms with Crippen LogP contribution in [0.4, 0.5) is 0 Å². The largest absolute Gasteiger partial charge is 0.394 e. The standard InChI is InChI=1S/C15H16N2O4/c18-8-12-13(19)14(20)15(21-12)11-6-3-5-10(17-11)9-4-1-2-7-16-9/h1-7,12-15,18-20H,8H2/t12-,13-,14-,15+/m1/s1. The maximum absolute atomic E-state index is 10.0. The van der Waals surface area contributed by atoms with E-state index in [9.17, 15) is 10.2 Å². The molecule has 1 saturated heterocycles. The van der Waals surface area contributed by atoms with E-state index in [1.54, 1.807) is 18.3 Å². The highest BCUT2D eigenvalue weighted by Gasteiger charge is 2.43. The van der Waals surface area contributed by atoms with Gasteiger partial charge < -0.3 is 20.1 Å². The Hall–Kier alpha value is -1.86. The van der Waals surface area contributed by atoms with Crippen molar-refractivity contribution in [2.45, 2.75) is 24.4 Å². The van der Waals surface area contributed by atoms with Crippen molar-refractivity contribution >= 4 is 0 Å². The second kappa shape index (κ2) is 5.87. The van der Waals surface area contributed by atoms with E-state index >= 15 is 0 Å². The van der Waals surface area contributed by atoms with Crippen LogP contribution in [0.2, 0.25) is 0 Å². The predicted octanol–water partition coefficient (Wildman–Crippen LogP) is 0.298. The number of hydrogen-bond donors (Lipinski definition) is 3. The second-order valence-corrected chi connectivity index (χ2v) is 4.92. The van der Waals surface area contributed by atoms with Crippen LogP contribution < -0.4 is 0 Å². The van der Waals surface area contributed by atoms with Crippen LogP contribution in [0.5, 0.6) is 0 Å². The summed E-state index contributed by atoms with van der Waals surface area (Å²) in [5.41, 5.74) is 1.87. The van der Waals surface area contributed by atoms with E-state index in [0.717, 1.165) is 0 Å². The smallest absolute Gasteiger partial charge is 0.128 e. The topological polar surface area (TPSA) is 95.7 Å². The molecule has 1 aliphatic heterocycles. The average Bonchev–Trinajstić information content (AvgIpc) is 2.84. The second-order valence-electron chi connectivity index (χ2n) is 4.92. The van der Waals surface area contributed by atoms with Crippen molar-refractivity contribution in [1.82, 2.24) is 9.97 Å². The average molecular weight is 288 g/mol.